The van der Waals surface area contributed by atoms with Crippen LogP contribution in [0.2, 0.25) is 0 Å². The van der Waals surface area contributed by atoms with Gasteiger partial charge in [-0.25, -0.2) is 13.6 Å². The van der Waals surface area contributed by atoms with E-state index in [4.69, 9.17) is 4.52 Å². The van der Waals surface area contributed by atoms with Crippen molar-refractivity contribution in [3.05, 3.63) is 113 Å². The topological polar surface area (TPSA) is 71.3 Å². The summed E-state index contributed by atoms with van der Waals surface area (Å²) in [4.78, 5) is 19.2. The van der Waals surface area contributed by atoms with Gasteiger partial charge in [-0.05, 0) is 42.3 Å². The monoisotopic (exact) mass is 458 g/mol. The largest absolute Gasteiger partial charge is 0.334 e. The molecule has 1 atom stereocenters. The molecular formula is C26H20F2N4O2. The first-order chi connectivity index (χ1) is 16.5. The minimum Gasteiger partial charge on any atom is -0.334 e. The molecule has 2 heterocycles. The summed E-state index contributed by atoms with van der Waals surface area (Å²) in [7, 11) is 0. The molecule has 1 aromatic heterocycles. The van der Waals surface area contributed by atoms with Gasteiger partial charge in [0.05, 0.1) is 18.2 Å². The van der Waals surface area contributed by atoms with E-state index in [9.17, 15) is 13.6 Å². The van der Waals surface area contributed by atoms with Crippen LogP contribution in [0.1, 0.15) is 30.0 Å². The molecule has 1 aliphatic rings. The lowest BCUT2D eigenvalue weighted by Crippen LogP contribution is -2.45. The van der Waals surface area contributed by atoms with Crippen LogP contribution in [0.4, 0.5) is 13.6 Å². The van der Waals surface area contributed by atoms with Crippen LogP contribution in [-0.2, 0) is 6.54 Å². The summed E-state index contributed by atoms with van der Waals surface area (Å²) in [6.07, 6.45) is 0. The van der Waals surface area contributed by atoms with Crippen molar-refractivity contribution in [2.75, 3.05) is 0 Å². The third-order valence-electron chi connectivity index (χ3n) is 5.72. The quantitative estimate of drug-likeness (QED) is 0.416. The molecule has 1 N–H and O–H groups in total. The van der Waals surface area contributed by atoms with Gasteiger partial charge in [0.1, 0.15) is 11.6 Å². The number of rotatable bonds is 5. The Kier molecular flexibility index (Phi) is 5.63. The van der Waals surface area contributed by atoms with Crippen molar-refractivity contribution in [1.82, 2.24) is 20.4 Å². The van der Waals surface area contributed by atoms with Crippen molar-refractivity contribution in [2.45, 2.75) is 19.5 Å². The number of nitrogens with one attached hydrogen (secondary N) is 1. The van der Waals surface area contributed by atoms with Gasteiger partial charge < -0.3 is 9.84 Å². The first-order valence-electron chi connectivity index (χ1n) is 10.7. The van der Waals surface area contributed by atoms with Crippen molar-refractivity contribution in [3.63, 3.8) is 0 Å². The molecule has 2 amide bonds. The van der Waals surface area contributed by atoms with Crippen LogP contribution < -0.4 is 5.32 Å². The number of allylic oxidation sites excluding steroid dienone is 1. The zero-order chi connectivity index (χ0) is 23.7. The molecule has 8 heteroatoms. The van der Waals surface area contributed by atoms with Crippen LogP contribution in [0, 0.1) is 11.6 Å². The lowest BCUT2D eigenvalue weighted by molar-refractivity contribution is 0.203. The number of halogens is 2. The van der Waals surface area contributed by atoms with Gasteiger partial charge in [-0.1, -0.05) is 59.8 Å². The number of nitrogens with zero attached hydrogens (tertiary/aromatic N) is 3. The van der Waals surface area contributed by atoms with Crippen molar-refractivity contribution < 1.29 is 18.1 Å². The predicted octanol–water partition coefficient (Wildman–Crippen LogP) is 5.71. The van der Waals surface area contributed by atoms with Crippen LogP contribution in [-0.4, -0.2) is 21.1 Å². The van der Waals surface area contributed by atoms with E-state index in [1.165, 1.54) is 29.2 Å². The van der Waals surface area contributed by atoms with E-state index < -0.39 is 11.9 Å². The maximum atomic E-state index is 14.0. The fourth-order valence-electron chi connectivity index (χ4n) is 3.99. The van der Waals surface area contributed by atoms with Crippen molar-refractivity contribution in [3.8, 4) is 11.4 Å². The van der Waals surface area contributed by atoms with E-state index >= 15 is 0 Å². The van der Waals surface area contributed by atoms with Gasteiger partial charge in [0.25, 0.3) is 5.89 Å². The molecule has 1 aliphatic heterocycles. The second kappa shape index (κ2) is 8.90. The van der Waals surface area contributed by atoms with Gasteiger partial charge in [-0.2, -0.15) is 4.98 Å². The number of benzene rings is 3. The molecule has 34 heavy (non-hydrogen) atoms. The highest BCUT2D eigenvalue weighted by Crippen LogP contribution is 2.38. The molecule has 0 saturated carbocycles. The molecule has 3 aromatic carbocycles. The normalized spacial score (nSPS) is 16.0. The molecule has 0 bridgehead atoms. The Morgan fingerprint density at radius 3 is 2.47 bits per heavy atom. The summed E-state index contributed by atoms with van der Waals surface area (Å²) in [6.45, 7) is 1.98. The van der Waals surface area contributed by atoms with E-state index in [0.29, 0.717) is 22.7 Å². The Labute approximate surface area is 194 Å². The molecule has 0 fully saturated rings. The second-order valence-electron chi connectivity index (χ2n) is 7.94. The molecular weight excluding hydrogens is 438 g/mol. The molecule has 6 nitrogen and oxygen atoms in total. The summed E-state index contributed by atoms with van der Waals surface area (Å²) in [5, 5.41) is 7.04. The second-order valence-corrected chi connectivity index (χ2v) is 7.94. The molecule has 0 aliphatic carbocycles. The van der Waals surface area contributed by atoms with E-state index in [2.05, 4.69) is 15.5 Å². The van der Waals surface area contributed by atoms with Gasteiger partial charge in [-0.3, -0.25) is 4.90 Å². The van der Waals surface area contributed by atoms with Gasteiger partial charge >= 0.3 is 6.03 Å². The Balaban J connectivity index is 1.60. The van der Waals surface area contributed by atoms with E-state index in [-0.39, 0.29) is 24.3 Å². The molecule has 1 unspecified atom stereocenters. The third kappa shape index (κ3) is 4.17. The lowest BCUT2D eigenvalue weighted by Gasteiger charge is -2.35. The van der Waals surface area contributed by atoms with Gasteiger partial charge in [0.15, 0.2) is 0 Å². The predicted molar refractivity (Wildman–Crippen MR) is 122 cm³/mol. The SMILES string of the molecule is CC1=C(c2nc(-c3ccccc3)no2)C(c2cccc(F)c2)NC(=O)N1Cc1ccc(F)cc1. The minimum atomic E-state index is -0.697. The van der Waals surface area contributed by atoms with Gasteiger partial charge in [0.2, 0.25) is 5.82 Å². The Bertz CT molecular complexity index is 1370. The van der Waals surface area contributed by atoms with Crippen LogP contribution >= 0.6 is 0 Å². The summed E-state index contributed by atoms with van der Waals surface area (Å²) >= 11 is 0. The zero-order valence-corrected chi connectivity index (χ0v) is 18.2. The average molecular weight is 458 g/mol. The highest BCUT2D eigenvalue weighted by atomic mass is 19.1. The van der Waals surface area contributed by atoms with E-state index in [1.54, 1.807) is 31.2 Å². The van der Waals surface area contributed by atoms with Crippen molar-refractivity contribution in [1.29, 1.82) is 0 Å². The summed E-state index contributed by atoms with van der Waals surface area (Å²) in [5.41, 5.74) is 3.20. The van der Waals surface area contributed by atoms with Crippen LogP contribution in [0.25, 0.3) is 17.0 Å². The van der Waals surface area contributed by atoms with Gasteiger partial charge in [-0.15, -0.1) is 0 Å². The number of carbonyl (C=O) groups is 1. The highest BCUT2D eigenvalue weighted by molar-refractivity contribution is 5.86. The lowest BCUT2D eigenvalue weighted by atomic mass is 9.94. The number of carbonyl (C=O) groups excluding carboxylic acids is 1. The maximum absolute atomic E-state index is 14.0. The number of hydrogen-bond acceptors (Lipinski definition) is 4. The molecule has 0 saturated heterocycles. The minimum absolute atomic E-state index is 0.205. The number of urea groups is 1. The third-order valence-corrected chi connectivity index (χ3v) is 5.72. The summed E-state index contributed by atoms with van der Waals surface area (Å²) in [6, 6.07) is 20.2. The zero-order valence-electron chi connectivity index (χ0n) is 18.2. The van der Waals surface area contributed by atoms with Crippen molar-refractivity contribution in [2.24, 2.45) is 0 Å². The van der Waals surface area contributed by atoms with Crippen LogP contribution in [0.5, 0.6) is 0 Å². The highest BCUT2D eigenvalue weighted by Gasteiger charge is 2.36. The Morgan fingerprint density at radius 2 is 1.74 bits per heavy atom. The molecule has 5 rings (SSSR count). The fourth-order valence-corrected chi connectivity index (χ4v) is 3.99. The maximum Gasteiger partial charge on any atom is 0.322 e. The fraction of sp³-hybridized carbons (Fsp3) is 0.115. The first-order valence-corrected chi connectivity index (χ1v) is 10.7. The molecule has 0 radical (unpaired) electrons. The summed E-state index contributed by atoms with van der Waals surface area (Å²) < 4.78 is 33.0. The molecule has 0 spiro atoms. The Hall–Kier alpha value is -4.33. The number of hydrogen-bond donors (Lipinski definition) is 1. The smallest absolute Gasteiger partial charge is 0.322 e. The summed E-state index contributed by atoms with van der Waals surface area (Å²) in [5.74, 6) is -0.163. The standard InChI is InChI=1S/C26H20F2N4O2/c1-16-22(25-30-24(31-34-25)18-6-3-2-4-7-18)23(19-8-5-9-21(28)14-19)29-26(33)32(16)15-17-10-12-20(27)13-11-17/h2-14,23H,15H2,1H3,(H,29,33). The van der Waals surface area contributed by atoms with Gasteiger partial charge in [0, 0.05) is 11.3 Å². The Morgan fingerprint density at radius 1 is 0.971 bits per heavy atom. The van der Waals surface area contributed by atoms with E-state index in [1.807, 2.05) is 30.3 Å². The van der Waals surface area contributed by atoms with Crippen LogP contribution in [0.3, 0.4) is 0 Å². The average Bonchev–Trinajstić information content (AvgIpc) is 3.33. The van der Waals surface area contributed by atoms with Crippen LogP contribution in [0.15, 0.2) is 89.1 Å². The molecule has 170 valence electrons. The van der Waals surface area contributed by atoms with Crippen molar-refractivity contribution >= 4 is 11.6 Å². The number of amides is 2. The molecule has 4 aromatic rings. The first kappa shape index (κ1) is 21.5. The van der Waals surface area contributed by atoms with E-state index in [0.717, 1.165) is 11.1 Å². The number of aromatic nitrogens is 2.